The SMILES string of the molecule is CC1(C)c2ccccc2-c2ccc(-c3ccc4ccccc4[nH+]3)cc21. The highest BCUT2D eigenvalue weighted by molar-refractivity contribution is 5.83. The van der Waals surface area contributed by atoms with E-state index in [-0.39, 0.29) is 5.41 Å². The van der Waals surface area contributed by atoms with Gasteiger partial charge in [0.25, 0.3) is 0 Å². The van der Waals surface area contributed by atoms with Gasteiger partial charge in [0.05, 0.1) is 0 Å². The Bertz CT molecular complexity index is 1120. The fourth-order valence-electron chi connectivity index (χ4n) is 4.16. The molecule has 25 heavy (non-hydrogen) atoms. The number of aromatic nitrogens is 1. The molecule has 120 valence electrons. The fraction of sp³-hybridized carbons (Fsp3) is 0.125. The number of H-pyrrole nitrogens is 1. The Hall–Kier alpha value is -2.93. The quantitative estimate of drug-likeness (QED) is 0.431. The maximum absolute atomic E-state index is 3.58. The molecule has 1 heteroatoms. The molecule has 0 bridgehead atoms. The third kappa shape index (κ3) is 2.05. The third-order valence-electron chi connectivity index (χ3n) is 5.55. The molecule has 0 fully saturated rings. The van der Waals surface area contributed by atoms with Gasteiger partial charge >= 0.3 is 0 Å². The van der Waals surface area contributed by atoms with E-state index < -0.39 is 0 Å². The van der Waals surface area contributed by atoms with E-state index in [2.05, 4.69) is 97.7 Å². The standard InChI is InChI=1S/C24H19N/c1-24(2)20-9-5-4-8-18(20)19-13-11-17(15-21(19)24)23-14-12-16-7-3-6-10-22(16)25-23/h3-15H,1-2H3/p+1. The summed E-state index contributed by atoms with van der Waals surface area (Å²) < 4.78 is 0. The van der Waals surface area contributed by atoms with E-state index in [1.807, 2.05) is 0 Å². The van der Waals surface area contributed by atoms with Crippen molar-refractivity contribution in [3.63, 3.8) is 0 Å². The van der Waals surface area contributed by atoms with Gasteiger partial charge in [-0.2, -0.15) is 0 Å². The Morgan fingerprint density at radius 2 is 1.44 bits per heavy atom. The van der Waals surface area contributed by atoms with Crippen LogP contribution < -0.4 is 4.98 Å². The number of benzene rings is 3. The predicted octanol–water partition coefficient (Wildman–Crippen LogP) is 5.63. The molecule has 1 N–H and O–H groups in total. The molecule has 0 radical (unpaired) electrons. The van der Waals surface area contributed by atoms with Crippen LogP contribution >= 0.6 is 0 Å². The lowest BCUT2D eigenvalue weighted by Crippen LogP contribution is -2.15. The van der Waals surface area contributed by atoms with Gasteiger partial charge in [-0.15, -0.1) is 0 Å². The van der Waals surface area contributed by atoms with Gasteiger partial charge in [0.1, 0.15) is 0 Å². The lowest BCUT2D eigenvalue weighted by Gasteiger charge is -2.21. The predicted molar refractivity (Wildman–Crippen MR) is 104 cm³/mol. The number of nitrogens with one attached hydrogen (secondary N) is 1. The van der Waals surface area contributed by atoms with E-state index in [0.29, 0.717) is 0 Å². The summed E-state index contributed by atoms with van der Waals surface area (Å²) in [6.45, 7) is 4.65. The average Bonchev–Trinajstić information content (AvgIpc) is 2.89. The van der Waals surface area contributed by atoms with Crippen molar-refractivity contribution in [2.75, 3.05) is 0 Å². The van der Waals surface area contributed by atoms with Crippen LogP contribution in [0, 0.1) is 0 Å². The van der Waals surface area contributed by atoms with Crippen LogP contribution in [0.15, 0.2) is 78.9 Å². The molecule has 0 saturated heterocycles. The molecule has 1 aliphatic rings. The van der Waals surface area contributed by atoms with Crippen LogP contribution in [0.25, 0.3) is 33.3 Å². The fourth-order valence-corrected chi connectivity index (χ4v) is 4.16. The largest absolute Gasteiger partial charge is 0.211 e. The van der Waals surface area contributed by atoms with Crippen LogP contribution in [0.2, 0.25) is 0 Å². The van der Waals surface area contributed by atoms with E-state index in [0.717, 1.165) is 5.69 Å². The van der Waals surface area contributed by atoms with Crippen molar-refractivity contribution in [2.45, 2.75) is 19.3 Å². The van der Waals surface area contributed by atoms with Gasteiger partial charge in [0.15, 0.2) is 0 Å². The van der Waals surface area contributed by atoms with Crippen molar-refractivity contribution >= 4 is 10.9 Å². The molecule has 0 aliphatic heterocycles. The van der Waals surface area contributed by atoms with Crippen LogP contribution in [-0.4, -0.2) is 0 Å². The molecule has 0 spiro atoms. The number of rotatable bonds is 1. The molecule has 0 amide bonds. The first-order chi connectivity index (χ1) is 12.1. The summed E-state index contributed by atoms with van der Waals surface area (Å²) >= 11 is 0. The molecule has 0 atom stereocenters. The van der Waals surface area contributed by atoms with E-state index in [1.54, 1.807) is 0 Å². The summed E-state index contributed by atoms with van der Waals surface area (Å²) in [5, 5.41) is 1.24. The minimum absolute atomic E-state index is 0.0405. The molecular weight excluding hydrogens is 302 g/mol. The highest BCUT2D eigenvalue weighted by Gasteiger charge is 2.35. The lowest BCUT2D eigenvalue weighted by molar-refractivity contribution is -0.330. The van der Waals surface area contributed by atoms with Crippen LogP contribution in [0.3, 0.4) is 0 Å². The van der Waals surface area contributed by atoms with Crippen molar-refractivity contribution in [3.05, 3.63) is 90.0 Å². The smallest absolute Gasteiger partial charge is 0.204 e. The van der Waals surface area contributed by atoms with Crippen molar-refractivity contribution in [3.8, 4) is 22.4 Å². The van der Waals surface area contributed by atoms with Gasteiger partial charge in [-0.1, -0.05) is 56.3 Å². The van der Waals surface area contributed by atoms with E-state index >= 15 is 0 Å². The summed E-state index contributed by atoms with van der Waals surface area (Å²) in [7, 11) is 0. The Morgan fingerprint density at radius 1 is 0.680 bits per heavy atom. The first kappa shape index (κ1) is 14.4. The van der Waals surface area contributed by atoms with Gasteiger partial charge in [-0.05, 0) is 46.5 Å². The monoisotopic (exact) mass is 322 g/mol. The number of fused-ring (bicyclic) bond motifs is 4. The molecule has 1 aromatic heterocycles. The Morgan fingerprint density at radius 3 is 2.36 bits per heavy atom. The van der Waals surface area contributed by atoms with Crippen LogP contribution in [-0.2, 0) is 5.41 Å². The van der Waals surface area contributed by atoms with E-state index in [4.69, 9.17) is 0 Å². The molecule has 1 aliphatic carbocycles. The van der Waals surface area contributed by atoms with E-state index in [1.165, 1.54) is 38.7 Å². The van der Waals surface area contributed by atoms with Crippen LogP contribution in [0.1, 0.15) is 25.0 Å². The normalized spacial score (nSPS) is 14.3. The van der Waals surface area contributed by atoms with Crippen LogP contribution in [0.5, 0.6) is 0 Å². The van der Waals surface area contributed by atoms with Gasteiger partial charge in [-0.3, -0.25) is 0 Å². The summed E-state index contributed by atoms with van der Waals surface area (Å²) in [6, 6.07) is 28.4. The Kier molecular flexibility index (Phi) is 2.90. The minimum atomic E-state index is 0.0405. The molecule has 0 saturated carbocycles. The Balaban J connectivity index is 1.69. The average molecular weight is 322 g/mol. The van der Waals surface area contributed by atoms with Crippen LogP contribution in [0.4, 0.5) is 0 Å². The molecular formula is C24H20N+. The van der Waals surface area contributed by atoms with Crippen molar-refractivity contribution in [2.24, 2.45) is 0 Å². The molecule has 5 rings (SSSR count). The zero-order valence-electron chi connectivity index (χ0n) is 14.5. The number of aromatic amines is 1. The molecule has 1 heterocycles. The Labute approximate surface area is 148 Å². The summed E-state index contributed by atoms with van der Waals surface area (Å²) in [5.74, 6) is 0. The highest BCUT2D eigenvalue weighted by Crippen LogP contribution is 2.49. The maximum Gasteiger partial charge on any atom is 0.211 e. The first-order valence-corrected chi connectivity index (χ1v) is 8.80. The van der Waals surface area contributed by atoms with E-state index in [9.17, 15) is 0 Å². The minimum Gasteiger partial charge on any atom is -0.204 e. The van der Waals surface area contributed by atoms with Gasteiger partial charge in [-0.25, -0.2) is 4.98 Å². The molecule has 4 aromatic rings. The second-order valence-corrected chi connectivity index (χ2v) is 7.39. The number of hydrogen-bond acceptors (Lipinski definition) is 0. The first-order valence-electron chi connectivity index (χ1n) is 8.80. The highest BCUT2D eigenvalue weighted by atomic mass is 14.7. The summed E-state index contributed by atoms with van der Waals surface area (Å²) in [4.78, 5) is 3.58. The summed E-state index contributed by atoms with van der Waals surface area (Å²) in [5.41, 5.74) is 9.18. The lowest BCUT2D eigenvalue weighted by atomic mass is 9.82. The van der Waals surface area contributed by atoms with Gasteiger partial charge in [0, 0.05) is 28.5 Å². The summed E-state index contributed by atoms with van der Waals surface area (Å²) in [6.07, 6.45) is 0. The molecule has 0 unspecified atom stereocenters. The maximum atomic E-state index is 3.58. The zero-order valence-corrected chi connectivity index (χ0v) is 14.5. The van der Waals surface area contributed by atoms with Crippen molar-refractivity contribution in [1.82, 2.24) is 0 Å². The number of para-hydroxylation sites is 1. The van der Waals surface area contributed by atoms with Gasteiger partial charge < -0.3 is 0 Å². The van der Waals surface area contributed by atoms with Crippen molar-refractivity contribution < 1.29 is 4.98 Å². The van der Waals surface area contributed by atoms with Gasteiger partial charge in [0.2, 0.25) is 11.2 Å². The van der Waals surface area contributed by atoms with Crippen molar-refractivity contribution in [1.29, 1.82) is 0 Å². The zero-order chi connectivity index (χ0) is 17.0. The second-order valence-electron chi connectivity index (χ2n) is 7.39. The topological polar surface area (TPSA) is 14.1 Å². The molecule has 1 nitrogen and oxygen atoms in total. The number of hydrogen-bond donors (Lipinski definition) is 0. The third-order valence-corrected chi connectivity index (χ3v) is 5.55. The molecule has 3 aromatic carbocycles. The second kappa shape index (κ2) is 5.03. The number of pyridine rings is 1.